The minimum atomic E-state index is -5.24. The van der Waals surface area contributed by atoms with Gasteiger partial charge in [0.25, 0.3) is 0 Å². The van der Waals surface area contributed by atoms with Gasteiger partial charge >= 0.3 is 25.7 Å². The van der Waals surface area contributed by atoms with Crippen molar-refractivity contribution in [2.75, 3.05) is 47.4 Å². The van der Waals surface area contributed by atoms with Crippen molar-refractivity contribution in [1.82, 2.24) is 0 Å². The highest BCUT2D eigenvalue weighted by Gasteiger charge is 2.58. The quantitative estimate of drug-likeness (QED) is 0.0442. The van der Waals surface area contributed by atoms with Gasteiger partial charge in [-0.3, -0.25) is 14.6 Å². The van der Waals surface area contributed by atoms with Gasteiger partial charge in [-0.05, 0) is 47.9 Å². The van der Waals surface area contributed by atoms with Gasteiger partial charge in [0, 0.05) is 11.8 Å². The molecule has 20 nitrogen and oxygen atoms in total. The van der Waals surface area contributed by atoms with E-state index in [4.69, 9.17) is 61.4 Å². The number of methoxy groups -OCH3 is 2. The average Bonchev–Trinajstić information content (AvgIpc) is 4.05. The van der Waals surface area contributed by atoms with Crippen molar-refractivity contribution in [3.8, 4) is 34.5 Å². The molecule has 0 spiro atoms. The summed E-state index contributed by atoms with van der Waals surface area (Å²) in [6.07, 6.45) is -19.0. The first-order chi connectivity index (χ1) is 36.0. The zero-order chi connectivity index (χ0) is 54.8. The Kier molecular flexibility index (Phi) is 15.1. The number of fused-ring (bicyclic) bond motifs is 4. The van der Waals surface area contributed by atoms with Crippen LogP contribution in [0, 0.1) is 40.9 Å². The number of carbonyl (C=O) groups excluding carboxylic acids is 3. The van der Waals surface area contributed by atoms with Crippen molar-refractivity contribution in [3.63, 3.8) is 0 Å². The van der Waals surface area contributed by atoms with E-state index in [1.807, 2.05) is 0 Å². The Morgan fingerprint density at radius 2 is 1.30 bits per heavy atom. The van der Waals surface area contributed by atoms with E-state index in [1.165, 1.54) is 31.2 Å². The van der Waals surface area contributed by atoms with E-state index in [0.29, 0.717) is 0 Å². The van der Waals surface area contributed by atoms with Crippen LogP contribution in [0.2, 0.25) is 0 Å². The molecule has 3 fully saturated rings. The van der Waals surface area contributed by atoms with E-state index in [9.17, 15) is 72.6 Å². The molecule has 2 aliphatic carbocycles. The summed E-state index contributed by atoms with van der Waals surface area (Å²) in [7, 11) is -2.94. The Balaban J connectivity index is 1.11. The molecule has 3 saturated heterocycles. The first-order valence-corrected chi connectivity index (χ1v) is 23.6. The number of halogens is 10. The molecule has 12 atom stereocenters. The second kappa shape index (κ2) is 21.1. The number of phosphoric ester groups is 1. The Morgan fingerprint density at radius 3 is 1.92 bits per heavy atom. The predicted octanol–water partition coefficient (Wildman–Crippen LogP) is 6.02. The van der Waals surface area contributed by atoms with Crippen LogP contribution in [0.1, 0.15) is 35.6 Å². The van der Waals surface area contributed by atoms with Gasteiger partial charge in [-0.2, -0.15) is 13.2 Å². The summed E-state index contributed by atoms with van der Waals surface area (Å²) in [6.45, 7) is -3.12. The van der Waals surface area contributed by atoms with Crippen molar-refractivity contribution in [3.05, 3.63) is 93.3 Å². The fourth-order valence-corrected chi connectivity index (χ4v) is 9.77. The van der Waals surface area contributed by atoms with Gasteiger partial charge in [-0.1, -0.05) is 0 Å². The number of carbonyl (C=O) groups is 3. The molecule has 31 heteroatoms. The number of rotatable bonds is 15. The number of ether oxygens (including phenoxy) is 13. The highest BCUT2D eigenvalue weighted by atomic mass is 31.2. The maximum absolute atomic E-state index is 14.7. The molecule has 0 aromatic heterocycles. The number of esters is 3. The molecule has 2 N–H and O–H groups in total. The summed E-state index contributed by atoms with van der Waals surface area (Å²) in [4.78, 5) is 60.7. The molecule has 4 aliphatic heterocycles. The van der Waals surface area contributed by atoms with Gasteiger partial charge in [-0.25, -0.2) is 44.9 Å². The van der Waals surface area contributed by atoms with Crippen LogP contribution < -0.4 is 28.2 Å². The molecule has 0 bridgehead atoms. The number of phosphoric acid groups is 1. The molecular weight excluding hydrogens is 1080 g/mol. The first-order valence-electron chi connectivity index (χ1n) is 22.1. The van der Waals surface area contributed by atoms with Crippen LogP contribution >= 0.6 is 7.82 Å². The van der Waals surface area contributed by atoms with Gasteiger partial charge in [-0.15, -0.1) is 0 Å². The maximum Gasteiger partial charge on any atom is 0.525 e. The fraction of sp³-hybridized carbons (Fsp3) is 0.444. The minimum Gasteiger partial charge on any atom is -0.493 e. The van der Waals surface area contributed by atoms with Crippen molar-refractivity contribution >= 4 is 25.7 Å². The Hall–Kier alpha value is -6.56. The van der Waals surface area contributed by atoms with Crippen molar-refractivity contribution < 1.29 is 139 Å². The third-order valence-electron chi connectivity index (χ3n) is 12.6. The van der Waals surface area contributed by atoms with Gasteiger partial charge in [0.15, 0.2) is 96.5 Å². The number of benzene rings is 3. The molecule has 10 unspecified atom stereocenters. The lowest BCUT2D eigenvalue weighted by Gasteiger charge is -2.49. The van der Waals surface area contributed by atoms with Crippen molar-refractivity contribution in [2.24, 2.45) is 11.8 Å². The van der Waals surface area contributed by atoms with Crippen LogP contribution in [0.5, 0.6) is 34.5 Å². The Morgan fingerprint density at radius 1 is 0.724 bits per heavy atom. The lowest BCUT2D eigenvalue weighted by Crippen LogP contribution is -2.65. The SMILES string of the molecule is COc1cc(C2c3cc4c(cc3[C@@H](OC3OC5COC(C)OC5C(OC(=O)COc5c(F)c(F)c(F)c(F)c5F)C3OC(=O)COC3=C(F)C(F)C(F)C(F)=C3F)[C@H]3COC(=O)C23)OCO4)cc(OC)c1OP(=O)(O)O. The number of hydrogen-bond donors (Lipinski definition) is 2. The normalized spacial score (nSPS) is 28.7. The average molecular weight is 1120 g/mol. The second-order valence-corrected chi connectivity index (χ2v) is 18.3. The van der Waals surface area contributed by atoms with Gasteiger partial charge in [0.2, 0.25) is 47.5 Å². The zero-order valence-electron chi connectivity index (χ0n) is 38.7. The second-order valence-electron chi connectivity index (χ2n) is 17.1. The van der Waals surface area contributed by atoms with E-state index in [1.54, 1.807) is 0 Å². The first kappa shape index (κ1) is 54.2. The van der Waals surface area contributed by atoms with E-state index in [-0.39, 0.29) is 46.5 Å². The summed E-state index contributed by atoms with van der Waals surface area (Å²) in [6, 6.07) is 5.50. The smallest absolute Gasteiger partial charge is 0.493 e. The Bertz CT molecular complexity index is 2900. The van der Waals surface area contributed by atoms with Crippen molar-refractivity contribution in [2.45, 2.75) is 68.3 Å². The summed E-state index contributed by atoms with van der Waals surface area (Å²) in [5, 5.41) is 0. The fourth-order valence-electron chi connectivity index (χ4n) is 9.35. The van der Waals surface area contributed by atoms with E-state index < -0.39 is 189 Å². The largest absolute Gasteiger partial charge is 0.525 e. The number of cyclic esters (lactones) is 1. The van der Waals surface area contributed by atoms with Crippen molar-refractivity contribution in [1.29, 1.82) is 0 Å². The highest BCUT2D eigenvalue weighted by molar-refractivity contribution is 7.46. The molecule has 4 heterocycles. The topological polar surface area (TPSA) is 238 Å². The predicted molar refractivity (Wildman–Crippen MR) is 222 cm³/mol. The molecule has 412 valence electrons. The summed E-state index contributed by atoms with van der Waals surface area (Å²) >= 11 is 0. The van der Waals surface area contributed by atoms with Crippen LogP contribution in [-0.2, 0) is 56.8 Å². The van der Waals surface area contributed by atoms with Gasteiger partial charge < -0.3 is 66.1 Å². The van der Waals surface area contributed by atoms with Crippen LogP contribution in [0.3, 0.4) is 0 Å². The third kappa shape index (κ3) is 10.0. The maximum atomic E-state index is 14.7. The van der Waals surface area contributed by atoms with E-state index in [0.717, 1.165) is 14.2 Å². The molecule has 76 heavy (non-hydrogen) atoms. The summed E-state index contributed by atoms with van der Waals surface area (Å²) in [5.41, 5.74) is 0.577. The molecule has 0 saturated carbocycles. The molecule has 0 amide bonds. The van der Waals surface area contributed by atoms with Crippen LogP contribution in [0.15, 0.2) is 47.5 Å². The molecule has 9 rings (SSSR count). The lowest BCUT2D eigenvalue weighted by molar-refractivity contribution is -0.366. The molecular formula is C45H37F10O20P. The summed E-state index contributed by atoms with van der Waals surface area (Å²) < 4.78 is 232. The zero-order valence-corrected chi connectivity index (χ0v) is 39.6. The van der Waals surface area contributed by atoms with Crippen LogP contribution in [0.25, 0.3) is 0 Å². The third-order valence-corrected chi connectivity index (χ3v) is 13.0. The molecule has 3 aromatic rings. The standard InChI is InChI=1S/C45H37F10O20P/c1-13-64-9-22-39(70-13)42(72-23(56)10-65-40-33(52)29(48)27(46)30(49)34(40)53)43(73-24(57)11-66-41-35(54)31(50)28(47)32(51)36(41)55)45(71-22)74-37-16-7-19-18(68-12-69-19)6-15(16)25(26-17(37)8-67-44(26)58)14-4-20(62-2)38(21(5-14)63-3)75-76(59,60)61/h4-7,13,17,22,25-26,28,31,37,39,42-43,45H,8-12H2,1-3H3,(H2,59,60,61)/t13?,17-,22?,25?,26?,28?,31?,37+,39?,42?,43?,45?/m0/s1. The Labute approximate surface area is 419 Å². The highest BCUT2D eigenvalue weighted by Crippen LogP contribution is 2.58. The van der Waals surface area contributed by atoms with E-state index in [2.05, 4.69) is 4.74 Å². The van der Waals surface area contributed by atoms with Crippen LogP contribution in [-0.4, -0.2) is 124 Å². The van der Waals surface area contributed by atoms with Crippen LogP contribution in [0.4, 0.5) is 43.9 Å². The monoisotopic (exact) mass is 1120 g/mol. The van der Waals surface area contributed by atoms with E-state index >= 15 is 0 Å². The summed E-state index contributed by atoms with van der Waals surface area (Å²) in [5.74, 6) is -31.8. The minimum absolute atomic E-state index is 0.111. The van der Waals surface area contributed by atoms with Gasteiger partial charge in [0.05, 0.1) is 39.5 Å². The number of hydrogen-bond acceptors (Lipinski definition) is 18. The molecule has 0 radical (unpaired) electrons. The van der Waals surface area contributed by atoms with Gasteiger partial charge in [0.1, 0.15) is 12.2 Å². The molecule has 3 aromatic carbocycles. The number of allylic oxidation sites excluding steroid dienone is 3. The lowest BCUT2D eigenvalue weighted by atomic mass is 9.66. The molecule has 6 aliphatic rings. The number of alkyl halides is 2.